The Balaban J connectivity index is 1.74. The summed E-state index contributed by atoms with van der Waals surface area (Å²) in [5.41, 5.74) is 1.75. The Morgan fingerprint density at radius 2 is 1.18 bits per heavy atom. The molecule has 0 spiro atoms. The molecular weight excluding hydrogens is 358 g/mol. The monoisotopic (exact) mass is 377 g/mol. The fraction of sp³-hybridized carbons (Fsp3) is 0.0952. The maximum Gasteiger partial charge on any atom is 0.255 e. The normalized spacial score (nSPS) is 10.1. The van der Waals surface area contributed by atoms with E-state index in [4.69, 9.17) is 9.47 Å². The van der Waals surface area contributed by atoms with E-state index >= 15 is 0 Å². The van der Waals surface area contributed by atoms with Crippen molar-refractivity contribution >= 4 is 23.2 Å². The third-order valence-electron chi connectivity index (χ3n) is 4.02. The van der Waals surface area contributed by atoms with E-state index in [2.05, 4.69) is 15.6 Å². The zero-order valence-corrected chi connectivity index (χ0v) is 15.4. The van der Waals surface area contributed by atoms with E-state index in [1.807, 2.05) is 0 Å². The van der Waals surface area contributed by atoms with Gasteiger partial charge in [0.25, 0.3) is 11.8 Å². The van der Waals surface area contributed by atoms with Crippen LogP contribution in [0.2, 0.25) is 0 Å². The first kappa shape index (κ1) is 18.9. The number of rotatable bonds is 6. The molecule has 3 rings (SSSR count). The number of methoxy groups -OCH3 is 2. The number of benzene rings is 2. The number of amides is 2. The Morgan fingerprint density at radius 1 is 0.714 bits per heavy atom. The van der Waals surface area contributed by atoms with Crippen LogP contribution in [0.25, 0.3) is 0 Å². The number of aromatic nitrogens is 1. The topological polar surface area (TPSA) is 89.5 Å². The van der Waals surface area contributed by atoms with E-state index in [-0.39, 0.29) is 11.8 Å². The van der Waals surface area contributed by atoms with E-state index in [1.54, 1.807) is 68.8 Å². The van der Waals surface area contributed by atoms with Crippen LogP contribution in [0.3, 0.4) is 0 Å². The number of hydrogen-bond acceptors (Lipinski definition) is 5. The maximum absolute atomic E-state index is 12.5. The first-order valence-electron chi connectivity index (χ1n) is 8.45. The minimum atomic E-state index is -0.324. The van der Waals surface area contributed by atoms with Crippen LogP contribution in [-0.2, 0) is 0 Å². The number of hydrogen-bond donors (Lipinski definition) is 2. The second kappa shape index (κ2) is 8.68. The Bertz CT molecular complexity index is 889. The number of pyridine rings is 1. The van der Waals surface area contributed by atoms with Gasteiger partial charge in [0.1, 0.15) is 11.5 Å². The molecule has 28 heavy (non-hydrogen) atoms. The number of nitrogens with one attached hydrogen (secondary N) is 2. The second-order valence-corrected chi connectivity index (χ2v) is 5.79. The Kier molecular flexibility index (Phi) is 5.86. The van der Waals surface area contributed by atoms with Gasteiger partial charge in [0.15, 0.2) is 0 Å². The largest absolute Gasteiger partial charge is 0.497 e. The second-order valence-electron chi connectivity index (χ2n) is 5.79. The SMILES string of the molecule is COc1ccc(C(=O)Nc2ccncc2NC(=O)c2ccc(OC)cc2)cc1. The van der Waals surface area contributed by atoms with Crippen LogP contribution in [0.1, 0.15) is 20.7 Å². The smallest absolute Gasteiger partial charge is 0.255 e. The molecule has 3 aromatic rings. The fourth-order valence-corrected chi connectivity index (χ4v) is 2.48. The van der Waals surface area contributed by atoms with Crippen molar-refractivity contribution in [1.82, 2.24) is 4.98 Å². The Labute approximate surface area is 162 Å². The zero-order chi connectivity index (χ0) is 19.9. The van der Waals surface area contributed by atoms with Gasteiger partial charge in [0.2, 0.25) is 0 Å². The van der Waals surface area contributed by atoms with E-state index in [1.165, 1.54) is 12.4 Å². The van der Waals surface area contributed by atoms with Crippen LogP contribution in [0.15, 0.2) is 67.0 Å². The number of carbonyl (C=O) groups excluding carboxylic acids is 2. The number of anilines is 2. The quantitative estimate of drug-likeness (QED) is 0.685. The summed E-state index contributed by atoms with van der Waals surface area (Å²) in [6.45, 7) is 0. The number of nitrogens with zero attached hydrogens (tertiary/aromatic N) is 1. The summed E-state index contributed by atoms with van der Waals surface area (Å²) in [6.07, 6.45) is 3.01. The molecule has 7 heteroatoms. The predicted molar refractivity (Wildman–Crippen MR) is 106 cm³/mol. The molecule has 0 aliphatic rings. The highest BCUT2D eigenvalue weighted by molar-refractivity contribution is 6.09. The highest BCUT2D eigenvalue weighted by atomic mass is 16.5. The molecule has 0 fully saturated rings. The van der Waals surface area contributed by atoms with Crippen molar-refractivity contribution in [3.8, 4) is 11.5 Å². The highest BCUT2D eigenvalue weighted by Gasteiger charge is 2.13. The average Bonchev–Trinajstić information content (AvgIpc) is 2.75. The van der Waals surface area contributed by atoms with Crippen molar-refractivity contribution in [2.45, 2.75) is 0 Å². The van der Waals surface area contributed by atoms with Crippen molar-refractivity contribution in [3.05, 3.63) is 78.1 Å². The molecule has 0 unspecified atom stereocenters. The summed E-state index contributed by atoms with van der Waals surface area (Å²) in [5.74, 6) is 0.683. The molecule has 1 aromatic heterocycles. The summed E-state index contributed by atoms with van der Waals surface area (Å²) in [6, 6.07) is 15.0. The molecule has 2 amide bonds. The van der Waals surface area contributed by atoms with Crippen molar-refractivity contribution in [3.63, 3.8) is 0 Å². The molecule has 2 aromatic carbocycles. The van der Waals surface area contributed by atoms with Crippen molar-refractivity contribution in [2.75, 3.05) is 24.9 Å². The number of carbonyl (C=O) groups is 2. The van der Waals surface area contributed by atoms with Crippen LogP contribution >= 0.6 is 0 Å². The zero-order valence-electron chi connectivity index (χ0n) is 15.4. The summed E-state index contributed by atoms with van der Waals surface area (Å²) in [5, 5.41) is 5.55. The average molecular weight is 377 g/mol. The summed E-state index contributed by atoms with van der Waals surface area (Å²) < 4.78 is 10.2. The molecule has 2 N–H and O–H groups in total. The molecule has 0 radical (unpaired) electrons. The van der Waals surface area contributed by atoms with Gasteiger partial charge in [0, 0.05) is 17.3 Å². The van der Waals surface area contributed by atoms with Gasteiger partial charge < -0.3 is 20.1 Å². The van der Waals surface area contributed by atoms with Crippen molar-refractivity contribution in [2.24, 2.45) is 0 Å². The standard InChI is InChI=1S/C21H19N3O4/c1-27-16-7-3-14(4-8-16)20(25)23-18-11-12-22-13-19(18)24-21(26)15-5-9-17(28-2)10-6-15/h3-13H,1-2H3,(H,24,26)(H,22,23,25). The molecule has 0 aliphatic heterocycles. The van der Waals surface area contributed by atoms with Gasteiger partial charge in [-0.15, -0.1) is 0 Å². The van der Waals surface area contributed by atoms with E-state index in [0.717, 1.165) is 0 Å². The lowest BCUT2D eigenvalue weighted by molar-refractivity contribution is 0.101. The van der Waals surface area contributed by atoms with Crippen LogP contribution in [0.4, 0.5) is 11.4 Å². The first-order chi connectivity index (χ1) is 13.6. The molecule has 1 heterocycles. The van der Waals surface area contributed by atoms with Gasteiger partial charge in [-0.1, -0.05) is 0 Å². The summed E-state index contributed by atoms with van der Waals surface area (Å²) >= 11 is 0. The van der Waals surface area contributed by atoms with Gasteiger partial charge >= 0.3 is 0 Å². The molecule has 0 bridgehead atoms. The maximum atomic E-state index is 12.5. The third kappa shape index (κ3) is 4.45. The van der Waals surface area contributed by atoms with Crippen LogP contribution < -0.4 is 20.1 Å². The Hall–Kier alpha value is -3.87. The van der Waals surface area contributed by atoms with Gasteiger partial charge in [0.05, 0.1) is 31.8 Å². The molecule has 0 saturated carbocycles. The van der Waals surface area contributed by atoms with E-state index in [0.29, 0.717) is 34.0 Å². The molecule has 0 atom stereocenters. The Morgan fingerprint density at radius 3 is 1.64 bits per heavy atom. The predicted octanol–water partition coefficient (Wildman–Crippen LogP) is 3.60. The van der Waals surface area contributed by atoms with Crippen molar-refractivity contribution in [1.29, 1.82) is 0 Å². The lowest BCUT2D eigenvalue weighted by Crippen LogP contribution is -2.17. The van der Waals surface area contributed by atoms with Gasteiger partial charge in [-0.2, -0.15) is 0 Å². The molecule has 0 saturated heterocycles. The van der Waals surface area contributed by atoms with E-state index < -0.39 is 0 Å². The lowest BCUT2D eigenvalue weighted by atomic mass is 10.2. The van der Waals surface area contributed by atoms with E-state index in [9.17, 15) is 9.59 Å². The minimum Gasteiger partial charge on any atom is -0.497 e. The van der Waals surface area contributed by atoms with Crippen LogP contribution in [0, 0.1) is 0 Å². The van der Waals surface area contributed by atoms with Gasteiger partial charge in [-0.05, 0) is 54.6 Å². The molecular formula is C21H19N3O4. The van der Waals surface area contributed by atoms with Gasteiger partial charge in [-0.3, -0.25) is 14.6 Å². The minimum absolute atomic E-state index is 0.311. The third-order valence-corrected chi connectivity index (χ3v) is 4.02. The summed E-state index contributed by atoms with van der Waals surface area (Å²) in [7, 11) is 3.12. The number of ether oxygens (including phenoxy) is 2. The van der Waals surface area contributed by atoms with Crippen LogP contribution in [-0.4, -0.2) is 31.0 Å². The first-order valence-corrected chi connectivity index (χ1v) is 8.45. The summed E-state index contributed by atoms with van der Waals surface area (Å²) in [4.78, 5) is 29.0. The molecule has 0 aliphatic carbocycles. The fourth-order valence-electron chi connectivity index (χ4n) is 2.48. The molecule has 7 nitrogen and oxygen atoms in total. The highest BCUT2D eigenvalue weighted by Crippen LogP contribution is 2.22. The lowest BCUT2D eigenvalue weighted by Gasteiger charge is -2.12. The van der Waals surface area contributed by atoms with Crippen LogP contribution in [0.5, 0.6) is 11.5 Å². The van der Waals surface area contributed by atoms with Gasteiger partial charge in [-0.25, -0.2) is 0 Å². The van der Waals surface area contributed by atoms with Crippen molar-refractivity contribution < 1.29 is 19.1 Å². The molecule has 142 valence electrons.